The van der Waals surface area contributed by atoms with Crippen LogP contribution in [0.3, 0.4) is 0 Å². The number of nitrogens with two attached hydrogens (primary N) is 1. The molecule has 0 heterocycles. The molecule has 106 valence electrons. The van der Waals surface area contributed by atoms with Gasteiger partial charge >= 0.3 is 0 Å². The Kier molecular flexibility index (Phi) is 5.05. The van der Waals surface area contributed by atoms with Gasteiger partial charge in [-0.15, -0.1) is 0 Å². The quantitative estimate of drug-likeness (QED) is 0.884. The van der Waals surface area contributed by atoms with Gasteiger partial charge in [0.05, 0.1) is 0 Å². The van der Waals surface area contributed by atoms with Crippen LogP contribution >= 0.6 is 11.6 Å². The lowest BCUT2D eigenvalue weighted by Crippen LogP contribution is -2.23. The first-order chi connectivity index (χ1) is 9.61. The summed E-state index contributed by atoms with van der Waals surface area (Å²) in [5, 5.41) is 0.758. The van der Waals surface area contributed by atoms with Crippen molar-refractivity contribution in [3.63, 3.8) is 0 Å². The van der Waals surface area contributed by atoms with E-state index < -0.39 is 0 Å². The molecule has 0 amide bonds. The van der Waals surface area contributed by atoms with Gasteiger partial charge in [0, 0.05) is 29.5 Å². The molecule has 0 saturated carbocycles. The fraction of sp³-hybridized carbons (Fsp3) is 0.294. The van der Waals surface area contributed by atoms with Crippen LogP contribution in [-0.2, 0) is 6.42 Å². The fourth-order valence-corrected chi connectivity index (χ4v) is 2.46. The minimum atomic E-state index is 0.163. The highest BCUT2D eigenvalue weighted by molar-refractivity contribution is 6.30. The first-order valence-corrected chi connectivity index (χ1v) is 7.32. The van der Waals surface area contributed by atoms with Gasteiger partial charge < -0.3 is 10.6 Å². The fourth-order valence-electron chi connectivity index (χ4n) is 2.26. The Hall–Kier alpha value is -1.51. The molecule has 2 rings (SSSR count). The van der Waals surface area contributed by atoms with E-state index >= 15 is 0 Å². The van der Waals surface area contributed by atoms with Crippen molar-refractivity contribution in [2.24, 2.45) is 5.73 Å². The molecule has 2 aromatic rings. The molecule has 0 aliphatic rings. The van der Waals surface area contributed by atoms with Gasteiger partial charge in [-0.25, -0.2) is 0 Å². The van der Waals surface area contributed by atoms with Gasteiger partial charge in [0.15, 0.2) is 0 Å². The summed E-state index contributed by atoms with van der Waals surface area (Å²) in [6, 6.07) is 16.5. The van der Waals surface area contributed by atoms with E-state index in [1.54, 1.807) is 0 Å². The average molecular weight is 289 g/mol. The molecule has 0 spiro atoms. The maximum Gasteiger partial charge on any atom is 0.0442 e. The van der Waals surface area contributed by atoms with Crippen molar-refractivity contribution in [1.82, 2.24) is 0 Å². The lowest BCUT2D eigenvalue weighted by molar-refractivity contribution is 0.646. The zero-order chi connectivity index (χ0) is 14.5. The largest absolute Gasteiger partial charge is 0.344 e. The number of hydrogen-bond acceptors (Lipinski definition) is 2. The summed E-state index contributed by atoms with van der Waals surface area (Å²) in [7, 11) is 2.07. The molecule has 3 heteroatoms. The average Bonchev–Trinajstić information content (AvgIpc) is 2.47. The van der Waals surface area contributed by atoms with Crippen molar-refractivity contribution in [1.29, 1.82) is 0 Å². The number of rotatable bonds is 5. The standard InChI is InChI=1S/C17H21ClN2/c1-3-15(19)12-13-11-14(18)9-10-17(13)20(2)16-7-5-4-6-8-16/h4-11,15H,3,12,19H2,1-2H3. The molecule has 0 radical (unpaired) electrons. The summed E-state index contributed by atoms with van der Waals surface area (Å²) < 4.78 is 0. The van der Waals surface area contributed by atoms with Crippen LogP contribution in [0.2, 0.25) is 5.02 Å². The van der Waals surface area contributed by atoms with Crippen LogP contribution in [0.25, 0.3) is 0 Å². The Morgan fingerprint density at radius 3 is 2.50 bits per heavy atom. The van der Waals surface area contributed by atoms with Gasteiger partial charge in [-0.3, -0.25) is 0 Å². The first-order valence-electron chi connectivity index (χ1n) is 6.94. The molecule has 2 aromatic carbocycles. The molecule has 2 nitrogen and oxygen atoms in total. The summed E-state index contributed by atoms with van der Waals surface area (Å²) in [5.74, 6) is 0. The zero-order valence-corrected chi connectivity index (χ0v) is 12.8. The highest BCUT2D eigenvalue weighted by Crippen LogP contribution is 2.30. The van der Waals surface area contributed by atoms with Crippen molar-refractivity contribution in [3.05, 3.63) is 59.1 Å². The van der Waals surface area contributed by atoms with E-state index in [9.17, 15) is 0 Å². The van der Waals surface area contributed by atoms with Crippen molar-refractivity contribution in [2.75, 3.05) is 11.9 Å². The van der Waals surface area contributed by atoms with Crippen molar-refractivity contribution in [2.45, 2.75) is 25.8 Å². The summed E-state index contributed by atoms with van der Waals surface area (Å²) in [6.45, 7) is 2.11. The van der Waals surface area contributed by atoms with Crippen LogP contribution in [0.4, 0.5) is 11.4 Å². The van der Waals surface area contributed by atoms with E-state index in [1.165, 1.54) is 5.56 Å². The number of halogens is 1. The Balaban J connectivity index is 2.35. The third-order valence-corrected chi connectivity index (χ3v) is 3.79. The van der Waals surface area contributed by atoms with E-state index in [0.29, 0.717) is 0 Å². The van der Waals surface area contributed by atoms with Gasteiger partial charge in [0.1, 0.15) is 0 Å². The molecule has 2 N–H and O–H groups in total. The third kappa shape index (κ3) is 3.53. The molecule has 20 heavy (non-hydrogen) atoms. The first kappa shape index (κ1) is 14.9. The Morgan fingerprint density at radius 1 is 1.15 bits per heavy atom. The minimum Gasteiger partial charge on any atom is -0.344 e. The highest BCUT2D eigenvalue weighted by Gasteiger charge is 2.12. The predicted octanol–water partition coefficient (Wildman–Crippen LogP) is 4.39. The second kappa shape index (κ2) is 6.78. The van der Waals surface area contributed by atoms with Crippen LogP contribution in [0.1, 0.15) is 18.9 Å². The Labute approximate surface area is 126 Å². The van der Waals surface area contributed by atoms with Crippen LogP contribution in [0.5, 0.6) is 0 Å². The van der Waals surface area contributed by atoms with Crippen molar-refractivity contribution < 1.29 is 0 Å². The molecule has 0 aliphatic carbocycles. The second-order valence-electron chi connectivity index (χ2n) is 5.04. The maximum absolute atomic E-state index is 6.13. The minimum absolute atomic E-state index is 0.163. The van der Waals surface area contributed by atoms with E-state index in [0.717, 1.165) is 29.2 Å². The summed E-state index contributed by atoms with van der Waals surface area (Å²) in [5.41, 5.74) is 9.60. The molecule has 0 bridgehead atoms. The summed E-state index contributed by atoms with van der Waals surface area (Å²) in [6.07, 6.45) is 1.80. The number of nitrogens with zero attached hydrogens (tertiary/aromatic N) is 1. The van der Waals surface area contributed by atoms with Gasteiger partial charge in [-0.2, -0.15) is 0 Å². The lowest BCUT2D eigenvalue weighted by Gasteiger charge is -2.24. The molecule has 1 unspecified atom stereocenters. The van der Waals surface area contributed by atoms with E-state index in [4.69, 9.17) is 17.3 Å². The maximum atomic E-state index is 6.13. The smallest absolute Gasteiger partial charge is 0.0442 e. The molecule has 0 saturated heterocycles. The van der Waals surface area contributed by atoms with Crippen LogP contribution in [0.15, 0.2) is 48.5 Å². The molecule has 0 fully saturated rings. The highest BCUT2D eigenvalue weighted by atomic mass is 35.5. The molecule has 1 atom stereocenters. The monoisotopic (exact) mass is 288 g/mol. The number of benzene rings is 2. The molecule has 0 aliphatic heterocycles. The number of para-hydroxylation sites is 1. The normalized spacial score (nSPS) is 12.2. The zero-order valence-electron chi connectivity index (χ0n) is 12.0. The van der Waals surface area contributed by atoms with Gasteiger partial charge in [-0.1, -0.05) is 36.7 Å². The van der Waals surface area contributed by atoms with Gasteiger partial charge in [-0.05, 0) is 48.7 Å². The molecular weight excluding hydrogens is 268 g/mol. The van der Waals surface area contributed by atoms with Crippen LogP contribution in [0, 0.1) is 0 Å². The third-order valence-electron chi connectivity index (χ3n) is 3.55. The predicted molar refractivity (Wildman–Crippen MR) is 87.9 cm³/mol. The van der Waals surface area contributed by atoms with Crippen LogP contribution in [-0.4, -0.2) is 13.1 Å². The van der Waals surface area contributed by atoms with Crippen molar-refractivity contribution >= 4 is 23.0 Å². The number of hydrogen-bond donors (Lipinski definition) is 1. The topological polar surface area (TPSA) is 29.3 Å². The number of anilines is 2. The van der Waals surface area contributed by atoms with E-state index in [1.807, 2.05) is 30.3 Å². The van der Waals surface area contributed by atoms with Gasteiger partial charge in [0.2, 0.25) is 0 Å². The molecule has 0 aromatic heterocycles. The summed E-state index contributed by atoms with van der Waals surface area (Å²) >= 11 is 6.13. The lowest BCUT2D eigenvalue weighted by atomic mass is 10.0. The second-order valence-corrected chi connectivity index (χ2v) is 5.48. The molecular formula is C17H21ClN2. The van der Waals surface area contributed by atoms with E-state index in [2.05, 4.69) is 37.1 Å². The van der Waals surface area contributed by atoms with Crippen molar-refractivity contribution in [3.8, 4) is 0 Å². The Bertz CT molecular complexity index is 554. The van der Waals surface area contributed by atoms with E-state index in [-0.39, 0.29) is 6.04 Å². The van der Waals surface area contributed by atoms with Gasteiger partial charge in [0.25, 0.3) is 0 Å². The van der Waals surface area contributed by atoms with Crippen LogP contribution < -0.4 is 10.6 Å². The SMILES string of the molecule is CCC(N)Cc1cc(Cl)ccc1N(C)c1ccccc1. The summed E-state index contributed by atoms with van der Waals surface area (Å²) in [4.78, 5) is 2.17. The Morgan fingerprint density at radius 2 is 1.85 bits per heavy atom.